The van der Waals surface area contributed by atoms with Crippen molar-refractivity contribution in [2.75, 3.05) is 6.61 Å². The molecule has 0 radical (unpaired) electrons. The van der Waals surface area contributed by atoms with Crippen LogP contribution in [-0.4, -0.2) is 23.8 Å². The van der Waals surface area contributed by atoms with Crippen LogP contribution in [0.5, 0.6) is 0 Å². The average Bonchev–Trinajstić information content (AvgIpc) is 2.62. The van der Waals surface area contributed by atoms with Crippen LogP contribution in [0.25, 0.3) is 0 Å². The lowest BCUT2D eigenvalue weighted by Crippen LogP contribution is -2.21. The number of unbranched alkanes of at least 4 members (excludes halogenated alkanes) is 13. The maximum atomic E-state index is 11.6. The molecule has 3 nitrogen and oxygen atoms in total. The first-order chi connectivity index (χ1) is 12.2. The Bertz CT molecular complexity index is 278. The topological polar surface area (TPSA) is 46.5 Å². The molecule has 0 aliphatic heterocycles. The van der Waals surface area contributed by atoms with Gasteiger partial charge in [-0.3, -0.25) is 4.79 Å². The van der Waals surface area contributed by atoms with E-state index >= 15 is 0 Å². The van der Waals surface area contributed by atoms with Crippen LogP contribution in [0, 0.1) is 0 Å². The summed E-state index contributed by atoms with van der Waals surface area (Å²) < 4.78 is 5.32. The van der Waals surface area contributed by atoms with Crippen molar-refractivity contribution in [2.45, 2.75) is 129 Å². The molecule has 0 aliphatic rings. The second kappa shape index (κ2) is 19.8. The molecule has 0 amide bonds. The first-order valence-corrected chi connectivity index (χ1v) is 11.0. The van der Waals surface area contributed by atoms with E-state index in [1.54, 1.807) is 0 Å². The van der Waals surface area contributed by atoms with Crippen LogP contribution in [0.3, 0.4) is 0 Å². The standard InChI is InChI=1S/C22H44O3/c1-3-5-7-8-9-10-11-12-13-14-15-16-17-18-21(20-23)25-22(24)19-6-4-2/h21,23H,3-20H2,1-2H3. The third kappa shape index (κ3) is 18.0. The molecule has 1 atom stereocenters. The maximum absolute atomic E-state index is 11.6. The molecule has 0 saturated carbocycles. The fourth-order valence-corrected chi connectivity index (χ4v) is 3.14. The molecule has 0 spiro atoms. The Hall–Kier alpha value is -0.570. The van der Waals surface area contributed by atoms with E-state index < -0.39 is 0 Å². The number of hydrogen-bond donors (Lipinski definition) is 1. The zero-order chi connectivity index (χ0) is 18.6. The van der Waals surface area contributed by atoms with Gasteiger partial charge in [0.2, 0.25) is 0 Å². The third-order valence-corrected chi connectivity index (χ3v) is 4.87. The number of esters is 1. The van der Waals surface area contributed by atoms with Crippen LogP contribution in [-0.2, 0) is 9.53 Å². The molecule has 0 bridgehead atoms. The van der Waals surface area contributed by atoms with Crippen molar-refractivity contribution in [3.8, 4) is 0 Å². The van der Waals surface area contributed by atoms with Gasteiger partial charge in [-0.05, 0) is 19.3 Å². The molecule has 0 aromatic carbocycles. The van der Waals surface area contributed by atoms with Gasteiger partial charge in [-0.25, -0.2) is 0 Å². The Kier molecular flexibility index (Phi) is 19.3. The first-order valence-electron chi connectivity index (χ1n) is 11.0. The Balaban J connectivity index is 3.34. The summed E-state index contributed by atoms with van der Waals surface area (Å²) in [7, 11) is 0. The van der Waals surface area contributed by atoms with E-state index in [1.807, 2.05) is 0 Å². The van der Waals surface area contributed by atoms with Gasteiger partial charge < -0.3 is 9.84 Å². The van der Waals surface area contributed by atoms with E-state index in [1.165, 1.54) is 77.0 Å². The third-order valence-electron chi connectivity index (χ3n) is 4.87. The molecule has 0 aromatic heterocycles. The van der Waals surface area contributed by atoms with Crippen molar-refractivity contribution in [2.24, 2.45) is 0 Å². The van der Waals surface area contributed by atoms with Crippen molar-refractivity contribution >= 4 is 5.97 Å². The maximum Gasteiger partial charge on any atom is 0.306 e. The molecule has 150 valence electrons. The van der Waals surface area contributed by atoms with E-state index in [0.29, 0.717) is 6.42 Å². The van der Waals surface area contributed by atoms with Gasteiger partial charge in [0.25, 0.3) is 0 Å². The Morgan fingerprint density at radius 1 is 0.720 bits per heavy atom. The molecular weight excluding hydrogens is 312 g/mol. The first kappa shape index (κ1) is 24.4. The second-order valence-electron chi connectivity index (χ2n) is 7.43. The molecule has 0 heterocycles. The molecule has 25 heavy (non-hydrogen) atoms. The van der Waals surface area contributed by atoms with E-state index in [2.05, 4.69) is 13.8 Å². The van der Waals surface area contributed by atoms with Gasteiger partial charge in [0.1, 0.15) is 6.10 Å². The van der Waals surface area contributed by atoms with E-state index in [4.69, 9.17) is 4.74 Å². The molecule has 0 aromatic rings. The molecular formula is C22H44O3. The molecule has 0 aliphatic carbocycles. The zero-order valence-electron chi connectivity index (χ0n) is 17.1. The quantitative estimate of drug-likeness (QED) is 0.210. The van der Waals surface area contributed by atoms with E-state index in [-0.39, 0.29) is 18.7 Å². The van der Waals surface area contributed by atoms with Gasteiger partial charge in [-0.2, -0.15) is 0 Å². The lowest BCUT2D eigenvalue weighted by atomic mass is 10.0. The Morgan fingerprint density at radius 2 is 1.16 bits per heavy atom. The smallest absolute Gasteiger partial charge is 0.306 e. The van der Waals surface area contributed by atoms with Gasteiger partial charge in [0.15, 0.2) is 0 Å². The van der Waals surface area contributed by atoms with Crippen LogP contribution in [0.4, 0.5) is 0 Å². The van der Waals surface area contributed by atoms with Crippen molar-refractivity contribution in [3.05, 3.63) is 0 Å². The van der Waals surface area contributed by atoms with Crippen molar-refractivity contribution in [3.63, 3.8) is 0 Å². The number of hydrogen-bond acceptors (Lipinski definition) is 3. The van der Waals surface area contributed by atoms with Gasteiger partial charge in [-0.1, -0.05) is 97.3 Å². The highest BCUT2D eigenvalue weighted by atomic mass is 16.5. The summed E-state index contributed by atoms with van der Waals surface area (Å²) in [4.78, 5) is 11.6. The largest absolute Gasteiger partial charge is 0.460 e. The number of aliphatic hydroxyl groups excluding tert-OH is 1. The molecule has 0 fully saturated rings. The minimum absolute atomic E-state index is 0.0455. The molecule has 1 N–H and O–H groups in total. The van der Waals surface area contributed by atoms with Crippen LogP contribution in [0.15, 0.2) is 0 Å². The summed E-state index contributed by atoms with van der Waals surface area (Å²) in [5.74, 6) is -0.157. The zero-order valence-corrected chi connectivity index (χ0v) is 17.1. The predicted molar refractivity (Wildman–Crippen MR) is 107 cm³/mol. The van der Waals surface area contributed by atoms with Crippen LogP contribution in [0.2, 0.25) is 0 Å². The summed E-state index contributed by atoms with van der Waals surface area (Å²) in [6.07, 6.45) is 20.2. The lowest BCUT2D eigenvalue weighted by Gasteiger charge is -2.15. The van der Waals surface area contributed by atoms with Gasteiger partial charge in [0.05, 0.1) is 6.61 Å². The molecule has 1 unspecified atom stereocenters. The molecule has 0 rings (SSSR count). The van der Waals surface area contributed by atoms with Crippen LogP contribution in [0.1, 0.15) is 123 Å². The fourth-order valence-electron chi connectivity index (χ4n) is 3.14. The minimum Gasteiger partial charge on any atom is -0.460 e. The minimum atomic E-state index is -0.294. The number of ether oxygens (including phenoxy) is 1. The summed E-state index contributed by atoms with van der Waals surface area (Å²) in [5.41, 5.74) is 0. The van der Waals surface area contributed by atoms with Gasteiger partial charge in [0, 0.05) is 6.42 Å². The highest BCUT2D eigenvalue weighted by Crippen LogP contribution is 2.14. The van der Waals surface area contributed by atoms with E-state index in [0.717, 1.165) is 25.7 Å². The van der Waals surface area contributed by atoms with Crippen LogP contribution >= 0.6 is 0 Å². The Labute approximate surface area is 156 Å². The monoisotopic (exact) mass is 356 g/mol. The highest BCUT2D eigenvalue weighted by molar-refractivity contribution is 5.69. The normalized spacial score (nSPS) is 12.3. The SMILES string of the molecule is CCCCCCCCCCCCCCCC(CO)OC(=O)CCCC. The number of carbonyl (C=O) groups is 1. The molecule has 0 saturated heterocycles. The van der Waals surface area contributed by atoms with Gasteiger partial charge in [-0.15, -0.1) is 0 Å². The van der Waals surface area contributed by atoms with Crippen molar-refractivity contribution < 1.29 is 14.6 Å². The predicted octanol–water partition coefficient (Wildman–Crippen LogP) is 6.56. The second-order valence-corrected chi connectivity index (χ2v) is 7.43. The Morgan fingerprint density at radius 3 is 1.60 bits per heavy atom. The van der Waals surface area contributed by atoms with Crippen LogP contribution < -0.4 is 0 Å². The number of rotatable bonds is 19. The van der Waals surface area contributed by atoms with Gasteiger partial charge >= 0.3 is 5.97 Å². The number of carbonyl (C=O) groups excluding carboxylic acids is 1. The molecule has 3 heteroatoms. The number of aliphatic hydroxyl groups is 1. The summed E-state index contributed by atoms with van der Waals surface area (Å²) in [6.45, 7) is 4.28. The summed E-state index contributed by atoms with van der Waals surface area (Å²) in [6, 6.07) is 0. The van der Waals surface area contributed by atoms with E-state index in [9.17, 15) is 9.90 Å². The van der Waals surface area contributed by atoms with Crippen molar-refractivity contribution in [1.29, 1.82) is 0 Å². The summed E-state index contributed by atoms with van der Waals surface area (Å²) >= 11 is 0. The van der Waals surface area contributed by atoms with Crippen molar-refractivity contribution in [1.82, 2.24) is 0 Å². The lowest BCUT2D eigenvalue weighted by molar-refractivity contribution is -0.151. The average molecular weight is 357 g/mol. The fraction of sp³-hybridized carbons (Fsp3) is 0.955. The highest BCUT2D eigenvalue weighted by Gasteiger charge is 2.12. The summed E-state index contributed by atoms with van der Waals surface area (Å²) in [5, 5.41) is 9.31.